The van der Waals surface area contributed by atoms with Gasteiger partial charge in [-0.15, -0.1) is 0 Å². The zero-order valence-electron chi connectivity index (χ0n) is 12.0. The van der Waals surface area contributed by atoms with Crippen LogP contribution in [-0.2, 0) is 5.33 Å². The summed E-state index contributed by atoms with van der Waals surface area (Å²) in [5, 5.41) is 0.752. The fourth-order valence-corrected chi connectivity index (χ4v) is 3.05. The van der Waals surface area contributed by atoms with Crippen molar-refractivity contribution in [3.8, 4) is 5.75 Å². The minimum Gasteiger partial charge on any atom is -0.496 e. The average molecular weight is 365 g/mol. The molecule has 3 rings (SSSR count). The lowest BCUT2D eigenvalue weighted by atomic mass is 9.97. The largest absolute Gasteiger partial charge is 0.496 e. The molecule has 0 amide bonds. The first kappa shape index (κ1) is 15.0. The molecule has 114 valence electrons. The Hall–Kier alpha value is -1.88. The van der Waals surface area contributed by atoms with Crippen LogP contribution in [0, 0.1) is 0 Å². The summed E-state index contributed by atoms with van der Waals surface area (Å²) in [6, 6.07) is 5.20. The molecule has 1 aliphatic carbocycles. The summed E-state index contributed by atoms with van der Waals surface area (Å²) >= 11 is 3.34. The van der Waals surface area contributed by atoms with Gasteiger partial charge in [0.25, 0.3) is 0 Å². The third-order valence-corrected chi connectivity index (χ3v) is 4.15. The van der Waals surface area contributed by atoms with E-state index in [4.69, 9.17) is 9.15 Å². The Morgan fingerprint density at radius 2 is 2.23 bits per heavy atom. The zero-order valence-corrected chi connectivity index (χ0v) is 13.6. The maximum Gasteiger partial charge on any atom is 0.204 e. The van der Waals surface area contributed by atoms with Crippen LogP contribution in [0.5, 0.6) is 5.75 Å². The van der Waals surface area contributed by atoms with Crippen LogP contribution in [0.15, 0.2) is 45.4 Å². The van der Waals surface area contributed by atoms with Crippen molar-refractivity contribution in [1.82, 2.24) is 0 Å². The van der Waals surface area contributed by atoms with Gasteiger partial charge in [-0.05, 0) is 30.2 Å². The number of fused-ring (bicyclic) bond motifs is 1. The van der Waals surface area contributed by atoms with E-state index in [1.54, 1.807) is 18.2 Å². The van der Waals surface area contributed by atoms with Gasteiger partial charge in [-0.25, -0.2) is 4.39 Å². The second kappa shape index (κ2) is 6.08. The Bertz CT molecular complexity index is 849. The highest BCUT2D eigenvalue weighted by molar-refractivity contribution is 9.08. The van der Waals surface area contributed by atoms with Crippen LogP contribution in [0.3, 0.4) is 0 Å². The molecule has 0 radical (unpaired) electrons. The molecule has 0 N–H and O–H groups in total. The molecule has 1 heterocycles. The van der Waals surface area contributed by atoms with Crippen LogP contribution in [0.2, 0.25) is 0 Å². The number of rotatable bonds is 3. The summed E-state index contributed by atoms with van der Waals surface area (Å²) in [7, 11) is 1.51. The first-order valence-corrected chi connectivity index (χ1v) is 8.03. The van der Waals surface area contributed by atoms with Crippen molar-refractivity contribution in [3.63, 3.8) is 0 Å². The van der Waals surface area contributed by atoms with E-state index in [-0.39, 0.29) is 11.3 Å². The van der Waals surface area contributed by atoms with Crippen LogP contribution in [0.25, 0.3) is 16.5 Å². The van der Waals surface area contributed by atoms with Crippen molar-refractivity contribution in [2.24, 2.45) is 0 Å². The highest BCUT2D eigenvalue weighted by Crippen LogP contribution is 2.31. The van der Waals surface area contributed by atoms with Gasteiger partial charge in [0.2, 0.25) is 5.43 Å². The number of benzene rings is 1. The topological polar surface area (TPSA) is 39.4 Å². The van der Waals surface area contributed by atoms with E-state index in [1.165, 1.54) is 13.2 Å². The van der Waals surface area contributed by atoms with Gasteiger partial charge >= 0.3 is 0 Å². The molecule has 5 heteroatoms. The SMILES string of the molecule is COc1cccc2oc(CBr)c(C3=CCCC(F)=C3)c(=O)c12. The summed E-state index contributed by atoms with van der Waals surface area (Å²) in [4.78, 5) is 12.9. The lowest BCUT2D eigenvalue weighted by molar-refractivity contribution is 0.418. The summed E-state index contributed by atoms with van der Waals surface area (Å²) in [6.45, 7) is 0. The van der Waals surface area contributed by atoms with Gasteiger partial charge in [0.05, 0.1) is 18.0 Å². The monoisotopic (exact) mass is 364 g/mol. The van der Waals surface area contributed by atoms with Crippen molar-refractivity contribution in [2.75, 3.05) is 7.11 Å². The quantitative estimate of drug-likeness (QED) is 0.739. The molecule has 0 saturated heterocycles. The van der Waals surface area contributed by atoms with E-state index in [2.05, 4.69) is 15.9 Å². The third-order valence-electron chi connectivity index (χ3n) is 3.64. The lowest BCUT2D eigenvalue weighted by Crippen LogP contribution is -2.13. The van der Waals surface area contributed by atoms with Gasteiger partial charge in [-0.2, -0.15) is 0 Å². The Labute approximate surface area is 135 Å². The van der Waals surface area contributed by atoms with Crippen LogP contribution in [0.4, 0.5) is 4.39 Å². The number of halogens is 2. The van der Waals surface area contributed by atoms with Gasteiger partial charge in [0.1, 0.15) is 28.3 Å². The zero-order chi connectivity index (χ0) is 15.7. The Morgan fingerprint density at radius 3 is 2.91 bits per heavy atom. The third kappa shape index (κ3) is 2.50. The summed E-state index contributed by atoms with van der Waals surface area (Å²) in [5.74, 6) is 0.718. The molecule has 3 nitrogen and oxygen atoms in total. The molecule has 1 aliphatic rings. The number of alkyl halides is 1. The van der Waals surface area contributed by atoms with Crippen molar-refractivity contribution < 1.29 is 13.5 Å². The van der Waals surface area contributed by atoms with Crippen LogP contribution in [0.1, 0.15) is 24.2 Å². The molecule has 22 heavy (non-hydrogen) atoms. The van der Waals surface area contributed by atoms with Gasteiger partial charge in [0.15, 0.2) is 0 Å². The highest BCUT2D eigenvalue weighted by Gasteiger charge is 2.20. The molecule has 2 aromatic rings. The summed E-state index contributed by atoms with van der Waals surface area (Å²) < 4.78 is 24.7. The Balaban J connectivity index is 2.36. The molecule has 0 bridgehead atoms. The van der Waals surface area contributed by atoms with Crippen molar-refractivity contribution >= 4 is 32.5 Å². The molecule has 0 atom stereocenters. The van der Waals surface area contributed by atoms with Crippen molar-refractivity contribution in [1.29, 1.82) is 0 Å². The Morgan fingerprint density at radius 1 is 1.41 bits per heavy atom. The molecule has 1 aromatic carbocycles. The number of hydrogen-bond acceptors (Lipinski definition) is 3. The lowest BCUT2D eigenvalue weighted by Gasteiger charge is -2.13. The molecular weight excluding hydrogens is 351 g/mol. The van der Waals surface area contributed by atoms with E-state index < -0.39 is 0 Å². The molecule has 0 fully saturated rings. The van der Waals surface area contributed by atoms with E-state index in [0.29, 0.717) is 51.8 Å². The number of ether oxygens (including phenoxy) is 1. The minimum absolute atomic E-state index is 0.203. The maximum atomic E-state index is 13.6. The molecular formula is C17H14BrFO3. The predicted octanol–water partition coefficient (Wildman–Crippen LogP) is 4.73. The van der Waals surface area contributed by atoms with E-state index >= 15 is 0 Å². The van der Waals surface area contributed by atoms with Crippen LogP contribution in [-0.4, -0.2) is 7.11 Å². The Kier molecular flexibility index (Phi) is 4.16. The van der Waals surface area contributed by atoms with Gasteiger partial charge < -0.3 is 9.15 Å². The predicted molar refractivity (Wildman–Crippen MR) is 88.1 cm³/mol. The number of allylic oxidation sites excluding steroid dienone is 4. The van der Waals surface area contributed by atoms with E-state index in [9.17, 15) is 9.18 Å². The van der Waals surface area contributed by atoms with Gasteiger partial charge in [0, 0.05) is 6.42 Å². The minimum atomic E-state index is -0.224. The second-order valence-corrected chi connectivity index (χ2v) is 5.55. The van der Waals surface area contributed by atoms with Crippen LogP contribution < -0.4 is 10.2 Å². The highest BCUT2D eigenvalue weighted by atomic mass is 79.9. The molecule has 0 saturated carbocycles. The summed E-state index contributed by atoms with van der Waals surface area (Å²) in [6.07, 6.45) is 4.21. The standard InChI is InChI=1S/C17H14BrFO3/c1-21-12-6-3-7-13-16(12)17(20)15(14(9-18)22-13)10-4-2-5-11(19)8-10/h3-4,6-8H,2,5,9H2,1H3. The average Bonchev–Trinajstić information content (AvgIpc) is 2.53. The van der Waals surface area contributed by atoms with Crippen molar-refractivity contribution in [3.05, 3.63) is 57.7 Å². The second-order valence-electron chi connectivity index (χ2n) is 4.99. The fraction of sp³-hybridized carbons (Fsp3) is 0.235. The van der Waals surface area contributed by atoms with E-state index in [1.807, 2.05) is 6.08 Å². The van der Waals surface area contributed by atoms with Crippen LogP contribution >= 0.6 is 15.9 Å². The number of methoxy groups -OCH3 is 1. The fourth-order valence-electron chi connectivity index (χ4n) is 2.65. The molecule has 0 spiro atoms. The van der Waals surface area contributed by atoms with Gasteiger partial charge in [-0.1, -0.05) is 28.1 Å². The van der Waals surface area contributed by atoms with Gasteiger partial charge in [-0.3, -0.25) is 4.79 Å². The number of hydrogen-bond donors (Lipinski definition) is 0. The smallest absolute Gasteiger partial charge is 0.204 e. The van der Waals surface area contributed by atoms with E-state index in [0.717, 1.165) is 0 Å². The first-order valence-electron chi connectivity index (χ1n) is 6.91. The molecule has 0 unspecified atom stereocenters. The normalized spacial score (nSPS) is 14.7. The molecule has 1 aromatic heterocycles. The maximum absolute atomic E-state index is 13.6. The van der Waals surface area contributed by atoms with Crippen molar-refractivity contribution in [2.45, 2.75) is 18.2 Å². The first-order chi connectivity index (χ1) is 10.7. The molecule has 0 aliphatic heterocycles. The summed E-state index contributed by atoms with van der Waals surface area (Å²) in [5.41, 5.74) is 1.22.